The molecule has 0 unspecified atom stereocenters. The number of benzene rings is 2. The molecule has 0 spiro atoms. The van der Waals surface area contributed by atoms with Crippen LogP contribution in [0.15, 0.2) is 54.7 Å². The number of ether oxygens (including phenoxy) is 1. The minimum absolute atomic E-state index is 0.0434. The van der Waals surface area contributed by atoms with E-state index in [4.69, 9.17) is 4.74 Å². The highest BCUT2D eigenvalue weighted by Gasteiger charge is 2.09. The Bertz CT molecular complexity index is 898. The van der Waals surface area contributed by atoms with Crippen molar-refractivity contribution in [1.29, 1.82) is 0 Å². The van der Waals surface area contributed by atoms with Crippen LogP contribution in [0.2, 0.25) is 0 Å². The highest BCUT2D eigenvalue weighted by atomic mass is 16.5. The molecule has 0 aliphatic rings. The van der Waals surface area contributed by atoms with E-state index < -0.39 is 0 Å². The van der Waals surface area contributed by atoms with Crippen LogP contribution in [0.5, 0.6) is 5.75 Å². The number of carbonyl (C=O) groups is 1. The Morgan fingerprint density at radius 2 is 1.81 bits per heavy atom. The highest BCUT2D eigenvalue weighted by Crippen LogP contribution is 2.16. The van der Waals surface area contributed by atoms with E-state index in [9.17, 15) is 4.79 Å². The fourth-order valence-electron chi connectivity index (χ4n) is 2.56. The number of carbonyl (C=O) groups excluding carboxylic acids is 1. The number of hydrogen-bond donors (Lipinski definition) is 1. The predicted molar refractivity (Wildman–Crippen MR) is 103 cm³/mol. The molecule has 0 atom stereocenters. The average Bonchev–Trinajstić information content (AvgIpc) is 3.05. The van der Waals surface area contributed by atoms with E-state index >= 15 is 0 Å². The van der Waals surface area contributed by atoms with E-state index in [2.05, 4.69) is 41.6 Å². The molecule has 26 heavy (non-hydrogen) atoms. The Morgan fingerprint density at radius 3 is 2.54 bits per heavy atom. The van der Waals surface area contributed by atoms with Crippen molar-refractivity contribution in [1.82, 2.24) is 9.78 Å². The number of amides is 1. The van der Waals surface area contributed by atoms with E-state index in [0.717, 1.165) is 11.1 Å². The predicted octanol–water partition coefficient (Wildman–Crippen LogP) is 3.87. The van der Waals surface area contributed by atoms with Gasteiger partial charge in [0.05, 0.1) is 12.7 Å². The fraction of sp³-hybridized carbons (Fsp3) is 0.238. The SMILES string of the molecule is Cc1ccc(Cn2nccc2NC(=O)COc2ccc(C)c(C)c2)cc1. The van der Waals surface area contributed by atoms with Gasteiger partial charge in [-0.2, -0.15) is 5.10 Å². The van der Waals surface area contributed by atoms with Gasteiger partial charge in [0.1, 0.15) is 11.6 Å². The lowest BCUT2D eigenvalue weighted by molar-refractivity contribution is -0.118. The molecular formula is C21H23N3O2. The molecule has 0 aliphatic heterocycles. The zero-order valence-electron chi connectivity index (χ0n) is 15.3. The maximum Gasteiger partial charge on any atom is 0.263 e. The fourth-order valence-corrected chi connectivity index (χ4v) is 2.56. The maximum atomic E-state index is 12.2. The third-order valence-electron chi connectivity index (χ3n) is 4.29. The van der Waals surface area contributed by atoms with Crippen molar-refractivity contribution in [3.63, 3.8) is 0 Å². The van der Waals surface area contributed by atoms with Crippen molar-refractivity contribution in [2.45, 2.75) is 27.3 Å². The molecule has 0 saturated carbocycles. The molecule has 5 heteroatoms. The van der Waals surface area contributed by atoms with Gasteiger partial charge in [-0.15, -0.1) is 0 Å². The molecule has 1 heterocycles. The summed E-state index contributed by atoms with van der Waals surface area (Å²) in [6, 6.07) is 15.8. The molecule has 0 fully saturated rings. The number of anilines is 1. The molecule has 0 radical (unpaired) electrons. The van der Waals surface area contributed by atoms with Gasteiger partial charge in [-0.3, -0.25) is 4.79 Å². The summed E-state index contributed by atoms with van der Waals surface area (Å²) >= 11 is 0. The van der Waals surface area contributed by atoms with Crippen molar-refractivity contribution in [3.05, 3.63) is 77.0 Å². The van der Waals surface area contributed by atoms with Crippen molar-refractivity contribution in [2.24, 2.45) is 0 Å². The van der Waals surface area contributed by atoms with Crippen LogP contribution < -0.4 is 10.1 Å². The first-order chi connectivity index (χ1) is 12.5. The second-order valence-electron chi connectivity index (χ2n) is 6.44. The van der Waals surface area contributed by atoms with Gasteiger partial charge in [0.15, 0.2) is 6.61 Å². The topological polar surface area (TPSA) is 56.2 Å². The van der Waals surface area contributed by atoms with Gasteiger partial charge in [-0.05, 0) is 49.6 Å². The lowest BCUT2D eigenvalue weighted by atomic mass is 10.1. The Hall–Kier alpha value is -3.08. The number of aryl methyl sites for hydroxylation is 3. The molecule has 134 valence electrons. The minimum atomic E-state index is -0.214. The molecule has 1 aromatic heterocycles. The summed E-state index contributed by atoms with van der Waals surface area (Å²) in [6.07, 6.45) is 1.67. The van der Waals surface area contributed by atoms with Crippen LogP contribution in [0.3, 0.4) is 0 Å². The molecular weight excluding hydrogens is 326 g/mol. The summed E-state index contributed by atoms with van der Waals surface area (Å²) in [6.45, 7) is 6.67. The summed E-state index contributed by atoms with van der Waals surface area (Å²) in [5.41, 5.74) is 4.67. The quantitative estimate of drug-likeness (QED) is 0.735. The van der Waals surface area contributed by atoms with Gasteiger partial charge < -0.3 is 10.1 Å². The van der Waals surface area contributed by atoms with E-state index in [0.29, 0.717) is 18.1 Å². The third-order valence-corrected chi connectivity index (χ3v) is 4.29. The summed E-state index contributed by atoms with van der Waals surface area (Å²) in [5.74, 6) is 1.13. The van der Waals surface area contributed by atoms with Gasteiger partial charge in [0.2, 0.25) is 0 Å². The van der Waals surface area contributed by atoms with Crippen molar-refractivity contribution >= 4 is 11.7 Å². The smallest absolute Gasteiger partial charge is 0.263 e. The van der Waals surface area contributed by atoms with Crippen LogP contribution >= 0.6 is 0 Å². The minimum Gasteiger partial charge on any atom is -0.484 e. The Morgan fingerprint density at radius 1 is 1.04 bits per heavy atom. The van der Waals surface area contributed by atoms with Crippen molar-refractivity contribution in [2.75, 3.05) is 11.9 Å². The van der Waals surface area contributed by atoms with Gasteiger partial charge in [-0.25, -0.2) is 4.68 Å². The number of hydrogen-bond acceptors (Lipinski definition) is 3. The first-order valence-electron chi connectivity index (χ1n) is 8.58. The summed E-state index contributed by atoms with van der Waals surface area (Å²) in [4.78, 5) is 12.2. The molecule has 5 nitrogen and oxygen atoms in total. The standard InChI is InChI=1S/C21H23N3O2/c1-15-4-7-18(8-5-15)13-24-20(10-11-22-24)23-21(25)14-26-19-9-6-16(2)17(3)12-19/h4-12H,13-14H2,1-3H3,(H,23,25). The highest BCUT2D eigenvalue weighted by molar-refractivity contribution is 5.91. The summed E-state index contributed by atoms with van der Waals surface area (Å²) in [5, 5.41) is 7.14. The van der Waals surface area contributed by atoms with Crippen LogP contribution in [0.4, 0.5) is 5.82 Å². The van der Waals surface area contributed by atoms with Crippen LogP contribution in [0.1, 0.15) is 22.3 Å². The lowest BCUT2D eigenvalue weighted by Gasteiger charge is -2.11. The van der Waals surface area contributed by atoms with E-state index in [1.54, 1.807) is 16.9 Å². The van der Waals surface area contributed by atoms with Gasteiger partial charge >= 0.3 is 0 Å². The molecule has 0 aliphatic carbocycles. The molecule has 2 aromatic carbocycles. The normalized spacial score (nSPS) is 10.6. The largest absolute Gasteiger partial charge is 0.484 e. The summed E-state index contributed by atoms with van der Waals surface area (Å²) < 4.78 is 7.34. The average molecular weight is 349 g/mol. The zero-order chi connectivity index (χ0) is 18.5. The molecule has 0 bridgehead atoms. The van der Waals surface area contributed by atoms with Crippen molar-refractivity contribution < 1.29 is 9.53 Å². The van der Waals surface area contributed by atoms with Crippen LogP contribution in [0, 0.1) is 20.8 Å². The Balaban J connectivity index is 1.58. The lowest BCUT2D eigenvalue weighted by Crippen LogP contribution is -2.22. The second kappa shape index (κ2) is 7.87. The monoisotopic (exact) mass is 349 g/mol. The molecule has 3 rings (SSSR count). The third kappa shape index (κ3) is 4.51. The molecule has 0 saturated heterocycles. The summed E-state index contributed by atoms with van der Waals surface area (Å²) in [7, 11) is 0. The number of rotatable bonds is 6. The van der Waals surface area contributed by atoms with E-state index in [1.165, 1.54) is 11.1 Å². The maximum absolute atomic E-state index is 12.2. The first-order valence-corrected chi connectivity index (χ1v) is 8.58. The number of nitrogens with one attached hydrogen (secondary N) is 1. The number of aromatic nitrogens is 2. The van der Waals surface area contributed by atoms with Crippen LogP contribution in [0.25, 0.3) is 0 Å². The number of nitrogens with zero attached hydrogens (tertiary/aromatic N) is 2. The van der Waals surface area contributed by atoms with E-state index in [1.807, 2.05) is 32.0 Å². The van der Waals surface area contributed by atoms with Gasteiger partial charge in [0.25, 0.3) is 5.91 Å². The van der Waals surface area contributed by atoms with Crippen LogP contribution in [-0.2, 0) is 11.3 Å². The van der Waals surface area contributed by atoms with Crippen molar-refractivity contribution in [3.8, 4) is 5.75 Å². The second-order valence-corrected chi connectivity index (χ2v) is 6.44. The Kier molecular flexibility index (Phi) is 5.37. The van der Waals surface area contributed by atoms with Gasteiger partial charge in [0, 0.05) is 6.07 Å². The Labute approximate surface area is 153 Å². The molecule has 1 amide bonds. The zero-order valence-corrected chi connectivity index (χ0v) is 15.3. The van der Waals surface area contributed by atoms with Crippen LogP contribution in [-0.4, -0.2) is 22.3 Å². The van der Waals surface area contributed by atoms with Gasteiger partial charge in [-0.1, -0.05) is 35.9 Å². The molecule has 1 N–H and O–H groups in total. The molecule has 3 aromatic rings. The van der Waals surface area contributed by atoms with E-state index in [-0.39, 0.29) is 12.5 Å². The first kappa shape index (κ1) is 17.7.